The van der Waals surface area contributed by atoms with E-state index in [1.165, 1.54) is 26.4 Å². The molecule has 0 fully saturated rings. The van der Waals surface area contributed by atoms with E-state index in [1.54, 1.807) is 30.3 Å². The van der Waals surface area contributed by atoms with Crippen molar-refractivity contribution >= 4 is 5.91 Å². The molecule has 3 rings (SSSR count). The maximum atomic E-state index is 13.2. The molecule has 0 spiro atoms. The van der Waals surface area contributed by atoms with Crippen LogP contribution in [0.4, 0.5) is 4.39 Å². The minimum absolute atomic E-state index is 0.0550. The van der Waals surface area contributed by atoms with Crippen molar-refractivity contribution in [3.05, 3.63) is 69.9 Å². The Bertz CT molecular complexity index is 1080. The van der Waals surface area contributed by atoms with Crippen LogP contribution in [-0.2, 0) is 17.8 Å². The highest BCUT2D eigenvalue weighted by Gasteiger charge is 2.11. The van der Waals surface area contributed by atoms with Crippen LogP contribution in [0.25, 0.3) is 11.4 Å². The van der Waals surface area contributed by atoms with Gasteiger partial charge in [0.2, 0.25) is 5.91 Å². The van der Waals surface area contributed by atoms with Gasteiger partial charge in [0.05, 0.1) is 14.2 Å². The summed E-state index contributed by atoms with van der Waals surface area (Å²) in [5, 5.41) is 10.7. The average Bonchev–Trinajstić information content (AvgIpc) is 2.76. The molecular weight excluding hydrogens is 391 g/mol. The topological polar surface area (TPSA) is 106 Å². The average molecular weight is 412 g/mol. The molecule has 30 heavy (non-hydrogen) atoms. The van der Waals surface area contributed by atoms with Gasteiger partial charge in [-0.3, -0.25) is 9.59 Å². The summed E-state index contributed by atoms with van der Waals surface area (Å²) in [4.78, 5) is 27.0. The van der Waals surface area contributed by atoms with Gasteiger partial charge in [0.1, 0.15) is 23.0 Å². The van der Waals surface area contributed by atoms with Gasteiger partial charge in [-0.25, -0.2) is 4.39 Å². The van der Waals surface area contributed by atoms with Crippen LogP contribution in [0, 0.1) is 5.82 Å². The molecule has 156 valence electrons. The number of aromatic amines is 1. The Hall–Kier alpha value is -3.75. The molecule has 2 aromatic carbocycles. The molecule has 9 heteroatoms. The maximum Gasteiger partial charge on any atom is 0.273 e. The number of H-pyrrole nitrogens is 1. The number of aryl methyl sites for hydroxylation is 1. The zero-order valence-corrected chi connectivity index (χ0v) is 16.6. The van der Waals surface area contributed by atoms with Gasteiger partial charge < -0.3 is 19.8 Å². The first kappa shape index (κ1) is 21.0. The van der Waals surface area contributed by atoms with E-state index in [0.717, 1.165) is 0 Å². The van der Waals surface area contributed by atoms with Crippen LogP contribution in [0.2, 0.25) is 0 Å². The molecule has 1 aromatic heterocycles. The summed E-state index contributed by atoms with van der Waals surface area (Å²) in [7, 11) is 3.05. The van der Waals surface area contributed by atoms with Crippen LogP contribution in [-0.4, -0.2) is 35.3 Å². The molecular formula is C21H21FN4O4. The molecule has 0 radical (unpaired) electrons. The van der Waals surface area contributed by atoms with Crippen molar-refractivity contribution < 1.29 is 18.7 Å². The zero-order valence-electron chi connectivity index (χ0n) is 16.6. The molecule has 3 aromatic rings. The second kappa shape index (κ2) is 9.64. The minimum atomic E-state index is -0.431. The fourth-order valence-corrected chi connectivity index (χ4v) is 2.77. The van der Waals surface area contributed by atoms with Crippen LogP contribution in [0.3, 0.4) is 0 Å². The Morgan fingerprint density at radius 1 is 1.10 bits per heavy atom. The quantitative estimate of drug-likeness (QED) is 0.588. The molecule has 8 nitrogen and oxygen atoms in total. The molecule has 0 unspecified atom stereocenters. The maximum absolute atomic E-state index is 13.2. The van der Waals surface area contributed by atoms with Crippen molar-refractivity contribution in [1.29, 1.82) is 0 Å². The second-order valence-electron chi connectivity index (χ2n) is 6.46. The van der Waals surface area contributed by atoms with E-state index in [2.05, 4.69) is 20.5 Å². The number of ether oxygens (including phenoxy) is 2. The monoisotopic (exact) mass is 412 g/mol. The lowest BCUT2D eigenvalue weighted by Crippen LogP contribution is -2.25. The van der Waals surface area contributed by atoms with Crippen molar-refractivity contribution in [1.82, 2.24) is 20.5 Å². The Morgan fingerprint density at radius 3 is 2.47 bits per heavy atom. The highest BCUT2D eigenvalue weighted by Crippen LogP contribution is 2.27. The van der Waals surface area contributed by atoms with Gasteiger partial charge in [0.15, 0.2) is 5.82 Å². The number of hydrogen-bond donors (Lipinski definition) is 2. The molecule has 0 saturated heterocycles. The molecule has 0 aliphatic heterocycles. The number of aromatic nitrogens is 3. The molecule has 2 N–H and O–H groups in total. The fourth-order valence-electron chi connectivity index (χ4n) is 2.77. The van der Waals surface area contributed by atoms with Gasteiger partial charge in [0.25, 0.3) is 5.56 Å². The summed E-state index contributed by atoms with van der Waals surface area (Å²) in [5.41, 5.74) is 0.948. The zero-order chi connectivity index (χ0) is 21.5. The van der Waals surface area contributed by atoms with E-state index in [1.807, 2.05) is 0 Å². The largest absolute Gasteiger partial charge is 0.497 e. The van der Waals surface area contributed by atoms with Gasteiger partial charge in [-0.1, -0.05) is 12.1 Å². The normalized spacial score (nSPS) is 10.5. The molecule has 0 aliphatic carbocycles. The summed E-state index contributed by atoms with van der Waals surface area (Å²) in [6.07, 6.45) is 0.179. The molecule has 0 bridgehead atoms. The standard InChI is InChI=1S/C21H21FN4O4/c1-29-16-9-14(10-17(11-16)30-2)20-24-21(28)18(25-26-20)6-7-19(27)23-12-13-4-3-5-15(22)8-13/h3-5,8-11H,6-7,12H2,1-2H3,(H,23,27)(H,24,26,28). The van der Waals surface area contributed by atoms with Crippen LogP contribution >= 0.6 is 0 Å². The van der Waals surface area contributed by atoms with E-state index >= 15 is 0 Å². The first-order valence-corrected chi connectivity index (χ1v) is 9.19. The number of hydrogen-bond acceptors (Lipinski definition) is 6. The number of benzene rings is 2. The molecule has 0 aliphatic rings. The number of nitrogens with one attached hydrogen (secondary N) is 2. The Balaban J connectivity index is 1.63. The van der Waals surface area contributed by atoms with E-state index in [-0.39, 0.29) is 42.6 Å². The summed E-state index contributed by atoms with van der Waals surface area (Å²) in [5.74, 6) is 0.716. The van der Waals surface area contributed by atoms with Crippen molar-refractivity contribution in [3.8, 4) is 22.9 Å². The molecule has 0 saturated carbocycles. The fraction of sp³-hybridized carbons (Fsp3) is 0.238. The third-order valence-corrected chi connectivity index (χ3v) is 4.36. The Labute approximate surface area is 172 Å². The van der Waals surface area contributed by atoms with Gasteiger partial charge in [0, 0.05) is 31.0 Å². The second-order valence-corrected chi connectivity index (χ2v) is 6.46. The summed E-state index contributed by atoms with van der Waals surface area (Å²) in [6, 6.07) is 11.1. The van der Waals surface area contributed by atoms with E-state index < -0.39 is 5.56 Å². The third kappa shape index (κ3) is 5.40. The number of carbonyl (C=O) groups excluding carboxylic acids is 1. The predicted molar refractivity (Wildman–Crippen MR) is 108 cm³/mol. The van der Waals surface area contributed by atoms with Crippen molar-refractivity contribution in [2.24, 2.45) is 0 Å². The summed E-state index contributed by atoms with van der Waals surface area (Å²) >= 11 is 0. The van der Waals surface area contributed by atoms with Crippen molar-refractivity contribution in [2.75, 3.05) is 14.2 Å². The van der Waals surface area contributed by atoms with E-state index in [9.17, 15) is 14.0 Å². The number of amides is 1. The third-order valence-electron chi connectivity index (χ3n) is 4.36. The van der Waals surface area contributed by atoms with Crippen molar-refractivity contribution in [3.63, 3.8) is 0 Å². The highest BCUT2D eigenvalue weighted by atomic mass is 19.1. The van der Waals surface area contributed by atoms with Crippen LogP contribution < -0.4 is 20.3 Å². The van der Waals surface area contributed by atoms with Gasteiger partial charge in [-0.05, 0) is 29.8 Å². The number of rotatable bonds is 8. The highest BCUT2D eigenvalue weighted by molar-refractivity contribution is 5.76. The number of nitrogens with zero attached hydrogens (tertiary/aromatic N) is 2. The molecule has 1 heterocycles. The van der Waals surface area contributed by atoms with Gasteiger partial charge in [-0.15, -0.1) is 10.2 Å². The first-order valence-electron chi connectivity index (χ1n) is 9.19. The van der Waals surface area contributed by atoms with Gasteiger partial charge in [-0.2, -0.15) is 0 Å². The van der Waals surface area contributed by atoms with E-state index in [0.29, 0.717) is 22.6 Å². The Morgan fingerprint density at radius 2 is 1.83 bits per heavy atom. The molecule has 1 amide bonds. The number of methoxy groups -OCH3 is 2. The molecule has 0 atom stereocenters. The summed E-state index contributed by atoms with van der Waals surface area (Å²) < 4.78 is 23.6. The van der Waals surface area contributed by atoms with Crippen LogP contribution in [0.15, 0.2) is 47.3 Å². The lowest BCUT2D eigenvalue weighted by Gasteiger charge is -2.08. The van der Waals surface area contributed by atoms with E-state index in [4.69, 9.17) is 9.47 Å². The van der Waals surface area contributed by atoms with Gasteiger partial charge >= 0.3 is 0 Å². The Kier molecular flexibility index (Phi) is 6.74. The minimum Gasteiger partial charge on any atom is -0.497 e. The first-order chi connectivity index (χ1) is 14.5. The number of halogens is 1. The van der Waals surface area contributed by atoms with Crippen LogP contribution in [0.5, 0.6) is 11.5 Å². The predicted octanol–water partition coefficient (Wildman–Crippen LogP) is 2.24. The SMILES string of the molecule is COc1cc(OC)cc(-c2nnc(CCC(=O)NCc3cccc(F)c3)c(=O)[nH]2)c1. The van der Waals surface area contributed by atoms with Crippen molar-refractivity contribution in [2.45, 2.75) is 19.4 Å². The lowest BCUT2D eigenvalue weighted by atomic mass is 10.2. The van der Waals surface area contributed by atoms with Crippen LogP contribution in [0.1, 0.15) is 17.7 Å². The number of carbonyl (C=O) groups is 1. The lowest BCUT2D eigenvalue weighted by molar-refractivity contribution is -0.121. The summed E-state index contributed by atoms with van der Waals surface area (Å²) in [6.45, 7) is 0.204. The smallest absolute Gasteiger partial charge is 0.273 e.